The fraction of sp³-hybridized carbons (Fsp3) is 0.158. The van der Waals surface area contributed by atoms with Gasteiger partial charge in [0.05, 0.1) is 4.92 Å². The maximum absolute atomic E-state index is 11.1. The van der Waals surface area contributed by atoms with E-state index in [0.29, 0.717) is 12.4 Å². The van der Waals surface area contributed by atoms with Crippen molar-refractivity contribution in [3.05, 3.63) is 93.9 Å². The summed E-state index contributed by atoms with van der Waals surface area (Å²) in [6.45, 7) is 0.492. The van der Waals surface area contributed by atoms with Gasteiger partial charge in [0.25, 0.3) is 0 Å². The number of benzene rings is 2. The molecule has 0 bridgehead atoms. The zero-order valence-corrected chi connectivity index (χ0v) is 13.1. The maximum atomic E-state index is 11.1. The lowest BCUT2D eigenvalue weighted by molar-refractivity contribution is -0.385. The van der Waals surface area contributed by atoms with Gasteiger partial charge in [-0.2, -0.15) is 0 Å². The summed E-state index contributed by atoms with van der Waals surface area (Å²) in [6, 6.07) is 16.3. The Labute approximate surface area is 140 Å². The van der Waals surface area contributed by atoms with E-state index in [9.17, 15) is 10.1 Å². The Kier molecular flexibility index (Phi) is 4.91. The van der Waals surface area contributed by atoms with E-state index in [1.807, 2.05) is 36.4 Å². The number of hydrogen-bond donors (Lipinski definition) is 0. The van der Waals surface area contributed by atoms with E-state index in [1.165, 1.54) is 6.07 Å². The quantitative estimate of drug-likeness (QED) is 0.568. The molecule has 0 saturated carbocycles. The number of para-hydroxylation sites is 2. The average Bonchev–Trinajstić information content (AvgIpc) is 2.61. The summed E-state index contributed by atoms with van der Waals surface area (Å²) in [5.41, 5.74) is 1.04. The minimum Gasteiger partial charge on any atom is -0.493 e. The fourth-order valence-corrected chi connectivity index (χ4v) is 2.40. The van der Waals surface area contributed by atoms with Crippen LogP contribution in [-0.4, -0.2) is 4.92 Å². The van der Waals surface area contributed by atoms with Gasteiger partial charge >= 0.3 is 5.69 Å². The molecule has 3 rings (SSSR count). The van der Waals surface area contributed by atoms with E-state index in [1.54, 1.807) is 24.3 Å². The zero-order chi connectivity index (χ0) is 16.8. The molecule has 0 spiro atoms. The fourth-order valence-electron chi connectivity index (χ4n) is 2.40. The molecule has 0 N–H and O–H groups in total. The first kappa shape index (κ1) is 15.8. The Balaban J connectivity index is 1.68. The Hall–Kier alpha value is -3.08. The van der Waals surface area contributed by atoms with Crippen LogP contribution in [0.25, 0.3) is 0 Å². The van der Waals surface area contributed by atoms with Crippen molar-refractivity contribution >= 4 is 5.69 Å². The number of ether oxygens (including phenoxy) is 2. The molecule has 0 atom stereocenters. The van der Waals surface area contributed by atoms with Gasteiger partial charge < -0.3 is 9.47 Å². The van der Waals surface area contributed by atoms with E-state index in [4.69, 9.17) is 9.47 Å². The topological polar surface area (TPSA) is 61.6 Å². The van der Waals surface area contributed by atoms with Crippen LogP contribution in [-0.2, 0) is 11.3 Å². The van der Waals surface area contributed by atoms with Gasteiger partial charge in [0.15, 0.2) is 0 Å². The van der Waals surface area contributed by atoms with Crippen LogP contribution in [0.15, 0.2) is 78.3 Å². The summed E-state index contributed by atoms with van der Waals surface area (Å²) in [4.78, 5) is 10.6. The third-order valence-corrected chi connectivity index (χ3v) is 3.60. The predicted octanol–water partition coefficient (Wildman–Crippen LogP) is 4.75. The van der Waals surface area contributed by atoms with Gasteiger partial charge in [-0.05, 0) is 24.1 Å². The Morgan fingerprint density at radius 1 is 1.04 bits per heavy atom. The molecule has 0 unspecified atom stereocenters. The minimum atomic E-state index is -0.449. The molecule has 0 radical (unpaired) electrons. The van der Waals surface area contributed by atoms with Gasteiger partial charge in [-0.25, -0.2) is 0 Å². The van der Waals surface area contributed by atoms with Gasteiger partial charge in [-0.15, -0.1) is 0 Å². The Morgan fingerprint density at radius 2 is 1.79 bits per heavy atom. The number of nitro groups is 1. The van der Waals surface area contributed by atoms with Crippen LogP contribution in [0.5, 0.6) is 5.75 Å². The highest BCUT2D eigenvalue weighted by Gasteiger charge is 2.16. The van der Waals surface area contributed by atoms with Crippen molar-refractivity contribution in [1.82, 2.24) is 0 Å². The van der Waals surface area contributed by atoms with Gasteiger partial charge in [-0.1, -0.05) is 42.5 Å². The van der Waals surface area contributed by atoms with Crippen molar-refractivity contribution < 1.29 is 14.4 Å². The summed E-state index contributed by atoms with van der Waals surface area (Å²) >= 11 is 0. The third kappa shape index (κ3) is 4.01. The second kappa shape index (κ2) is 7.46. The molecule has 122 valence electrons. The molecular weight excluding hydrogens is 306 g/mol. The van der Waals surface area contributed by atoms with Crippen LogP contribution in [0, 0.1) is 10.1 Å². The number of nitro benzene ring substituents is 1. The van der Waals surface area contributed by atoms with Crippen molar-refractivity contribution in [2.45, 2.75) is 19.4 Å². The first-order valence-electron chi connectivity index (χ1n) is 7.71. The second-order valence-electron chi connectivity index (χ2n) is 5.36. The zero-order valence-electron chi connectivity index (χ0n) is 13.1. The predicted molar refractivity (Wildman–Crippen MR) is 90.4 cm³/mol. The van der Waals surface area contributed by atoms with Crippen molar-refractivity contribution in [3.8, 4) is 5.75 Å². The molecule has 1 aliphatic rings. The highest BCUT2D eigenvalue weighted by atomic mass is 16.6. The van der Waals surface area contributed by atoms with E-state index in [-0.39, 0.29) is 11.4 Å². The van der Waals surface area contributed by atoms with Gasteiger partial charge in [0, 0.05) is 18.6 Å². The maximum Gasteiger partial charge on any atom is 0.311 e. The molecule has 5 heteroatoms. The van der Waals surface area contributed by atoms with Crippen LogP contribution in [0.1, 0.15) is 18.4 Å². The smallest absolute Gasteiger partial charge is 0.311 e. The number of nitrogens with zero attached hydrogens (tertiary/aromatic N) is 1. The van der Waals surface area contributed by atoms with Crippen LogP contribution >= 0.6 is 0 Å². The summed E-state index contributed by atoms with van der Waals surface area (Å²) in [5, 5.41) is 11.1. The Morgan fingerprint density at radius 3 is 2.58 bits per heavy atom. The van der Waals surface area contributed by atoms with Gasteiger partial charge in [-0.3, -0.25) is 10.1 Å². The molecule has 0 aliphatic heterocycles. The van der Waals surface area contributed by atoms with Crippen molar-refractivity contribution in [2.24, 2.45) is 0 Å². The molecule has 0 aromatic heterocycles. The molecule has 1 aliphatic carbocycles. The number of hydrogen-bond acceptors (Lipinski definition) is 4. The van der Waals surface area contributed by atoms with Crippen molar-refractivity contribution in [3.63, 3.8) is 0 Å². The van der Waals surface area contributed by atoms with Crippen LogP contribution in [0.4, 0.5) is 5.69 Å². The standard InChI is InChI=1S/C19H17NO4/c21-20(22)18-11-4-5-12-19(18)24-17-10-6-9-16(13-17)23-14-15-7-2-1-3-8-15/h1-5,7-8,10-13H,6,9,14H2. The van der Waals surface area contributed by atoms with Gasteiger partial charge in [0.1, 0.15) is 18.1 Å². The van der Waals surface area contributed by atoms with Crippen LogP contribution in [0.3, 0.4) is 0 Å². The largest absolute Gasteiger partial charge is 0.493 e. The minimum absolute atomic E-state index is 0.0517. The number of allylic oxidation sites excluding steroid dienone is 3. The molecule has 0 saturated heterocycles. The summed E-state index contributed by atoms with van der Waals surface area (Å²) in [6.07, 6.45) is 5.27. The lowest BCUT2D eigenvalue weighted by Gasteiger charge is -2.16. The van der Waals surface area contributed by atoms with Gasteiger partial charge in [0.2, 0.25) is 5.75 Å². The highest BCUT2D eigenvalue weighted by molar-refractivity contribution is 5.47. The number of rotatable bonds is 6. The van der Waals surface area contributed by atoms with Crippen molar-refractivity contribution in [1.29, 1.82) is 0 Å². The molecule has 2 aromatic carbocycles. The van der Waals surface area contributed by atoms with E-state index in [0.717, 1.165) is 24.2 Å². The average molecular weight is 323 g/mol. The normalized spacial score (nSPS) is 13.7. The first-order chi connectivity index (χ1) is 11.7. The highest BCUT2D eigenvalue weighted by Crippen LogP contribution is 2.30. The molecule has 24 heavy (non-hydrogen) atoms. The molecule has 5 nitrogen and oxygen atoms in total. The molecule has 0 fully saturated rings. The van der Waals surface area contributed by atoms with E-state index >= 15 is 0 Å². The Bertz CT molecular complexity index is 781. The molecule has 0 heterocycles. The van der Waals surface area contributed by atoms with Crippen LogP contribution < -0.4 is 4.74 Å². The second-order valence-corrected chi connectivity index (χ2v) is 5.36. The summed E-state index contributed by atoms with van der Waals surface area (Å²) < 4.78 is 11.5. The van der Waals surface area contributed by atoms with Crippen LogP contribution in [0.2, 0.25) is 0 Å². The molecule has 0 amide bonds. The summed E-state index contributed by atoms with van der Waals surface area (Å²) in [5.74, 6) is 1.61. The SMILES string of the molecule is O=[N+]([O-])c1ccccc1OC1=CCCC(OCc2ccccc2)=C1. The summed E-state index contributed by atoms with van der Waals surface area (Å²) in [7, 11) is 0. The molecule has 2 aromatic rings. The first-order valence-corrected chi connectivity index (χ1v) is 7.71. The van der Waals surface area contributed by atoms with E-state index < -0.39 is 4.92 Å². The monoisotopic (exact) mass is 323 g/mol. The lowest BCUT2D eigenvalue weighted by atomic mass is 10.1. The molecular formula is C19H17NO4. The van der Waals surface area contributed by atoms with Crippen molar-refractivity contribution in [2.75, 3.05) is 0 Å². The third-order valence-electron chi connectivity index (χ3n) is 3.60. The lowest BCUT2D eigenvalue weighted by Crippen LogP contribution is -2.03. The van der Waals surface area contributed by atoms with E-state index in [2.05, 4.69) is 0 Å².